The van der Waals surface area contributed by atoms with Gasteiger partial charge in [-0.15, -0.1) is 0 Å². The van der Waals surface area contributed by atoms with Crippen molar-refractivity contribution in [2.24, 2.45) is 5.73 Å². The highest BCUT2D eigenvalue weighted by molar-refractivity contribution is 9.10. The smallest absolute Gasteiger partial charge is 0.140 e. The summed E-state index contributed by atoms with van der Waals surface area (Å²) in [5, 5.41) is 3.28. The van der Waals surface area contributed by atoms with Gasteiger partial charge in [-0.2, -0.15) is 0 Å². The summed E-state index contributed by atoms with van der Waals surface area (Å²) in [6.45, 7) is 0.797. The van der Waals surface area contributed by atoms with Gasteiger partial charge in [-0.25, -0.2) is 4.98 Å². The van der Waals surface area contributed by atoms with Crippen molar-refractivity contribution in [3.63, 3.8) is 0 Å². The molecule has 4 heteroatoms. The minimum Gasteiger partial charge on any atom is -0.369 e. The van der Waals surface area contributed by atoms with Gasteiger partial charge in [0.2, 0.25) is 0 Å². The van der Waals surface area contributed by atoms with Crippen molar-refractivity contribution in [2.45, 2.75) is 12.5 Å². The van der Waals surface area contributed by atoms with E-state index in [1.807, 2.05) is 30.3 Å². The lowest BCUT2D eigenvalue weighted by atomic mass is 10.1. The molecule has 0 aliphatic rings. The molecule has 0 radical (unpaired) electrons. The van der Waals surface area contributed by atoms with Gasteiger partial charge in [-0.05, 0) is 40.0 Å². The lowest BCUT2D eigenvalue weighted by Crippen LogP contribution is -2.15. The van der Waals surface area contributed by atoms with Crippen LogP contribution in [0.25, 0.3) is 0 Å². The molecule has 1 heterocycles. The first kappa shape index (κ1) is 13.1. The van der Waals surface area contributed by atoms with E-state index in [0.29, 0.717) is 0 Å². The highest BCUT2D eigenvalue weighted by Gasteiger charge is 2.05. The summed E-state index contributed by atoms with van der Waals surface area (Å²) in [6.07, 6.45) is 2.64. The van der Waals surface area contributed by atoms with Gasteiger partial charge in [-0.3, -0.25) is 0 Å². The van der Waals surface area contributed by atoms with Crippen LogP contribution in [0.15, 0.2) is 53.1 Å². The van der Waals surface area contributed by atoms with Crippen LogP contribution in [-0.4, -0.2) is 11.5 Å². The molecule has 0 aliphatic carbocycles. The summed E-state index contributed by atoms with van der Waals surface area (Å²) in [5.41, 5.74) is 7.29. The molecule has 0 aliphatic heterocycles. The van der Waals surface area contributed by atoms with Gasteiger partial charge >= 0.3 is 0 Å². The molecule has 18 heavy (non-hydrogen) atoms. The van der Waals surface area contributed by atoms with Crippen LogP contribution < -0.4 is 11.1 Å². The number of halogens is 1. The second-order valence-corrected chi connectivity index (χ2v) is 4.92. The first-order valence-electron chi connectivity index (χ1n) is 5.92. The topological polar surface area (TPSA) is 50.9 Å². The van der Waals surface area contributed by atoms with E-state index in [-0.39, 0.29) is 6.04 Å². The Morgan fingerprint density at radius 2 is 1.94 bits per heavy atom. The predicted molar refractivity (Wildman–Crippen MR) is 78.4 cm³/mol. The summed E-state index contributed by atoms with van der Waals surface area (Å²) >= 11 is 3.45. The number of pyridine rings is 1. The number of aromatic nitrogens is 1. The fraction of sp³-hybridized carbons (Fsp3) is 0.214. The van der Waals surface area contributed by atoms with Gasteiger partial charge in [0.25, 0.3) is 0 Å². The van der Waals surface area contributed by atoms with Crippen molar-refractivity contribution in [1.29, 1.82) is 0 Å². The fourth-order valence-corrected chi connectivity index (χ4v) is 2.12. The van der Waals surface area contributed by atoms with Crippen molar-refractivity contribution in [1.82, 2.24) is 4.98 Å². The molecule has 1 unspecified atom stereocenters. The Kier molecular flexibility index (Phi) is 4.73. The van der Waals surface area contributed by atoms with Gasteiger partial charge in [0.1, 0.15) is 5.82 Å². The van der Waals surface area contributed by atoms with E-state index in [1.54, 1.807) is 6.20 Å². The highest BCUT2D eigenvalue weighted by Crippen LogP contribution is 2.19. The summed E-state index contributed by atoms with van der Waals surface area (Å²) in [6, 6.07) is 14.1. The standard InChI is InChI=1S/C14H16BrN3/c15-12-7-4-9-17-14(12)18-10-8-13(16)11-5-2-1-3-6-11/h1-7,9,13H,8,10,16H2,(H,17,18). The van der Waals surface area contributed by atoms with E-state index in [1.165, 1.54) is 5.56 Å². The van der Waals surface area contributed by atoms with E-state index in [4.69, 9.17) is 5.73 Å². The number of nitrogens with zero attached hydrogens (tertiary/aromatic N) is 1. The van der Waals surface area contributed by atoms with Crippen molar-refractivity contribution >= 4 is 21.7 Å². The maximum Gasteiger partial charge on any atom is 0.140 e. The third kappa shape index (κ3) is 3.55. The fourth-order valence-electron chi connectivity index (χ4n) is 1.73. The first-order chi connectivity index (χ1) is 8.77. The predicted octanol–water partition coefficient (Wildman–Crippen LogP) is 3.35. The quantitative estimate of drug-likeness (QED) is 0.890. The first-order valence-corrected chi connectivity index (χ1v) is 6.71. The van der Waals surface area contributed by atoms with Gasteiger partial charge in [0.05, 0.1) is 4.47 Å². The van der Waals surface area contributed by atoms with Crippen LogP contribution in [0.1, 0.15) is 18.0 Å². The Bertz CT molecular complexity index is 487. The largest absolute Gasteiger partial charge is 0.369 e. The van der Waals surface area contributed by atoms with E-state index in [2.05, 4.69) is 38.4 Å². The molecule has 3 nitrogen and oxygen atoms in total. The molecular formula is C14H16BrN3. The lowest BCUT2D eigenvalue weighted by molar-refractivity contribution is 0.674. The molecule has 1 aromatic carbocycles. The minimum atomic E-state index is 0.0567. The Labute approximate surface area is 116 Å². The molecule has 2 aromatic rings. The van der Waals surface area contributed by atoms with Crippen LogP contribution >= 0.6 is 15.9 Å². The summed E-state index contributed by atoms with van der Waals surface area (Å²) < 4.78 is 0.971. The van der Waals surface area contributed by atoms with Gasteiger partial charge < -0.3 is 11.1 Å². The maximum absolute atomic E-state index is 6.13. The number of nitrogens with two attached hydrogens (primary N) is 1. The number of nitrogens with one attached hydrogen (secondary N) is 1. The molecular weight excluding hydrogens is 290 g/mol. The van der Waals surface area contributed by atoms with Crippen LogP contribution in [0, 0.1) is 0 Å². The van der Waals surface area contributed by atoms with Crippen LogP contribution in [-0.2, 0) is 0 Å². The molecule has 0 fully saturated rings. The van der Waals surface area contributed by atoms with Crippen molar-refractivity contribution in [3.05, 3.63) is 58.7 Å². The SMILES string of the molecule is NC(CCNc1ncccc1Br)c1ccccc1. The molecule has 1 atom stereocenters. The van der Waals surface area contributed by atoms with Crippen LogP contribution in [0.3, 0.4) is 0 Å². The van der Waals surface area contributed by atoms with E-state index < -0.39 is 0 Å². The minimum absolute atomic E-state index is 0.0567. The molecule has 94 valence electrons. The second kappa shape index (κ2) is 6.52. The average Bonchev–Trinajstić information content (AvgIpc) is 2.42. The van der Waals surface area contributed by atoms with E-state index in [9.17, 15) is 0 Å². The summed E-state index contributed by atoms with van der Waals surface area (Å²) in [7, 11) is 0. The number of hydrogen-bond acceptors (Lipinski definition) is 3. The number of hydrogen-bond donors (Lipinski definition) is 2. The van der Waals surface area contributed by atoms with E-state index >= 15 is 0 Å². The van der Waals surface area contributed by atoms with Gasteiger partial charge in [0, 0.05) is 18.8 Å². The van der Waals surface area contributed by atoms with Crippen LogP contribution in [0.5, 0.6) is 0 Å². The van der Waals surface area contributed by atoms with Crippen molar-refractivity contribution in [3.8, 4) is 0 Å². The van der Waals surface area contributed by atoms with Crippen LogP contribution in [0.4, 0.5) is 5.82 Å². The molecule has 0 spiro atoms. The number of benzene rings is 1. The molecule has 0 amide bonds. The average molecular weight is 306 g/mol. The normalized spacial score (nSPS) is 12.1. The molecule has 0 saturated carbocycles. The molecule has 3 N–H and O–H groups in total. The zero-order valence-corrected chi connectivity index (χ0v) is 11.6. The van der Waals surface area contributed by atoms with Gasteiger partial charge in [-0.1, -0.05) is 30.3 Å². The Balaban J connectivity index is 1.84. The highest BCUT2D eigenvalue weighted by atomic mass is 79.9. The molecule has 0 saturated heterocycles. The lowest BCUT2D eigenvalue weighted by Gasteiger charge is -2.13. The van der Waals surface area contributed by atoms with E-state index in [0.717, 1.165) is 23.3 Å². The summed E-state index contributed by atoms with van der Waals surface area (Å²) in [4.78, 5) is 4.25. The molecule has 2 rings (SSSR count). The third-order valence-electron chi connectivity index (χ3n) is 2.73. The zero-order chi connectivity index (χ0) is 12.8. The molecule has 0 bridgehead atoms. The van der Waals surface area contributed by atoms with Gasteiger partial charge in [0.15, 0.2) is 0 Å². The Morgan fingerprint density at radius 1 is 1.17 bits per heavy atom. The number of rotatable bonds is 5. The maximum atomic E-state index is 6.13. The molecule has 1 aromatic heterocycles. The monoisotopic (exact) mass is 305 g/mol. The zero-order valence-electron chi connectivity index (χ0n) is 10.0. The van der Waals surface area contributed by atoms with Crippen molar-refractivity contribution < 1.29 is 0 Å². The summed E-state index contributed by atoms with van der Waals surface area (Å²) in [5.74, 6) is 0.859. The second-order valence-electron chi connectivity index (χ2n) is 4.07. The number of anilines is 1. The Hall–Kier alpha value is -1.39. The van der Waals surface area contributed by atoms with Crippen LogP contribution in [0.2, 0.25) is 0 Å². The van der Waals surface area contributed by atoms with Crippen molar-refractivity contribution in [2.75, 3.05) is 11.9 Å². The third-order valence-corrected chi connectivity index (χ3v) is 3.37. The Morgan fingerprint density at radius 3 is 2.67 bits per heavy atom.